The predicted octanol–water partition coefficient (Wildman–Crippen LogP) is 4.18. The number of aryl methyl sites for hydroxylation is 1. The summed E-state index contributed by atoms with van der Waals surface area (Å²) >= 11 is 9.61. The van der Waals surface area contributed by atoms with Gasteiger partial charge in [0.2, 0.25) is 0 Å². The van der Waals surface area contributed by atoms with E-state index in [2.05, 4.69) is 47.3 Å². The summed E-state index contributed by atoms with van der Waals surface area (Å²) in [4.78, 5) is 30.8. The van der Waals surface area contributed by atoms with E-state index in [-0.39, 0.29) is 11.6 Å². The van der Waals surface area contributed by atoms with Crippen LogP contribution >= 0.6 is 27.5 Å². The van der Waals surface area contributed by atoms with Gasteiger partial charge in [0.05, 0.1) is 34.3 Å². The van der Waals surface area contributed by atoms with Crippen LogP contribution in [0.4, 0.5) is 17.1 Å². The molecule has 1 fully saturated rings. The first-order chi connectivity index (χ1) is 15.9. The summed E-state index contributed by atoms with van der Waals surface area (Å²) in [6.07, 6.45) is 3.83. The molecule has 4 N–H and O–H groups in total. The Morgan fingerprint density at radius 1 is 1.27 bits per heavy atom. The Balaban J connectivity index is 1.52. The van der Waals surface area contributed by atoms with E-state index in [9.17, 15) is 9.59 Å². The third-order valence-corrected chi connectivity index (χ3v) is 6.32. The van der Waals surface area contributed by atoms with E-state index >= 15 is 0 Å². The minimum Gasteiger partial charge on any atom is -0.366 e. The van der Waals surface area contributed by atoms with Crippen LogP contribution in [0.2, 0.25) is 5.02 Å². The summed E-state index contributed by atoms with van der Waals surface area (Å²) in [5, 5.41) is 17.0. The Kier molecular flexibility index (Phi) is 5.71. The van der Waals surface area contributed by atoms with Gasteiger partial charge in [-0.25, -0.2) is 9.67 Å². The Morgan fingerprint density at radius 3 is 2.85 bits per heavy atom. The summed E-state index contributed by atoms with van der Waals surface area (Å²) in [6.45, 7) is 2.99. The number of carbonyl (C=O) groups is 2. The number of rotatable bonds is 6. The van der Waals surface area contributed by atoms with Gasteiger partial charge >= 0.3 is 0 Å². The number of halogens is 2. The van der Waals surface area contributed by atoms with E-state index in [0.717, 1.165) is 24.1 Å². The summed E-state index contributed by atoms with van der Waals surface area (Å²) in [5.74, 6) is 0.190. The normalized spacial score (nSPS) is 14.3. The lowest BCUT2D eigenvalue weighted by atomic mass is 10.0. The number of carbonyl (C=O) groups excluding carboxylic acids is 2. The number of nitrogens with one attached hydrogen (secondary N) is 4. The highest BCUT2D eigenvalue weighted by Gasteiger charge is 2.29. The lowest BCUT2D eigenvalue weighted by molar-refractivity contribution is 0.0953. The van der Waals surface area contributed by atoms with Gasteiger partial charge in [0.15, 0.2) is 5.82 Å². The van der Waals surface area contributed by atoms with Crippen LogP contribution in [0.15, 0.2) is 35.1 Å². The van der Waals surface area contributed by atoms with Crippen LogP contribution in [0, 0.1) is 12.8 Å². The molecule has 2 aliphatic rings. The largest absolute Gasteiger partial charge is 0.366 e. The number of pyridine rings is 1. The maximum atomic E-state index is 13.4. The van der Waals surface area contributed by atoms with Crippen LogP contribution in [0.5, 0.6) is 0 Å². The van der Waals surface area contributed by atoms with Gasteiger partial charge in [0, 0.05) is 18.8 Å². The average molecular weight is 531 g/mol. The van der Waals surface area contributed by atoms with Crippen LogP contribution in [0.1, 0.15) is 39.3 Å². The highest BCUT2D eigenvalue weighted by Crippen LogP contribution is 2.38. The molecule has 0 spiro atoms. The molecule has 170 valence electrons. The second-order valence-electron chi connectivity index (χ2n) is 8.08. The van der Waals surface area contributed by atoms with Crippen molar-refractivity contribution in [1.29, 1.82) is 0 Å². The zero-order chi connectivity index (χ0) is 23.1. The molecule has 0 bridgehead atoms. The minimum absolute atomic E-state index is 0.220. The van der Waals surface area contributed by atoms with Crippen molar-refractivity contribution < 1.29 is 9.59 Å². The first-order valence-corrected chi connectivity index (χ1v) is 11.7. The van der Waals surface area contributed by atoms with Crippen LogP contribution < -0.4 is 21.3 Å². The third kappa shape index (κ3) is 4.28. The first kappa shape index (κ1) is 21.7. The molecule has 2 aromatic heterocycles. The van der Waals surface area contributed by atoms with E-state index in [1.165, 1.54) is 4.68 Å². The predicted molar refractivity (Wildman–Crippen MR) is 130 cm³/mol. The van der Waals surface area contributed by atoms with Crippen LogP contribution in [0.3, 0.4) is 0 Å². The van der Waals surface area contributed by atoms with E-state index < -0.39 is 5.91 Å². The van der Waals surface area contributed by atoms with Crippen molar-refractivity contribution in [2.75, 3.05) is 29.2 Å². The van der Waals surface area contributed by atoms with Crippen LogP contribution in [-0.2, 0) is 0 Å². The molecular weight excluding hydrogens is 510 g/mol. The fraction of sp³-hybridized carbons (Fsp3) is 0.273. The molecule has 1 aromatic carbocycles. The SMILES string of the molecule is Cc1cc2c(c(C(=O)NCC3CC3)c1NC(=O)c1cc(Br)nn1-c1ncccc1Cl)NCN2. The minimum atomic E-state index is -0.444. The highest BCUT2D eigenvalue weighted by atomic mass is 79.9. The van der Waals surface area contributed by atoms with E-state index in [0.29, 0.717) is 51.5 Å². The third-order valence-electron chi connectivity index (χ3n) is 5.63. The number of nitrogens with zero attached hydrogens (tertiary/aromatic N) is 3. The van der Waals surface area contributed by atoms with Crippen molar-refractivity contribution in [2.45, 2.75) is 19.8 Å². The van der Waals surface area contributed by atoms with Crippen LogP contribution in [0.25, 0.3) is 5.82 Å². The number of anilines is 3. The van der Waals surface area contributed by atoms with E-state index in [1.807, 2.05) is 13.0 Å². The van der Waals surface area contributed by atoms with E-state index in [4.69, 9.17) is 11.6 Å². The van der Waals surface area contributed by atoms with Gasteiger partial charge in [-0.2, -0.15) is 5.10 Å². The summed E-state index contributed by atoms with van der Waals surface area (Å²) in [5.41, 5.74) is 3.33. The summed E-state index contributed by atoms with van der Waals surface area (Å²) in [7, 11) is 0. The molecular formula is C22H21BrClN7O2. The van der Waals surface area contributed by atoms with Crippen molar-refractivity contribution in [3.05, 3.63) is 56.9 Å². The molecule has 0 saturated heterocycles. The summed E-state index contributed by atoms with van der Waals surface area (Å²) < 4.78 is 1.82. The van der Waals surface area contributed by atoms with Crippen molar-refractivity contribution >= 4 is 56.4 Å². The maximum Gasteiger partial charge on any atom is 0.274 e. The molecule has 1 aliphatic carbocycles. The molecule has 9 nitrogen and oxygen atoms in total. The molecule has 1 saturated carbocycles. The van der Waals surface area contributed by atoms with Crippen molar-refractivity contribution in [3.8, 4) is 5.82 Å². The molecule has 33 heavy (non-hydrogen) atoms. The van der Waals surface area contributed by atoms with Gasteiger partial charge in [-0.15, -0.1) is 0 Å². The van der Waals surface area contributed by atoms with Crippen LogP contribution in [-0.4, -0.2) is 39.8 Å². The molecule has 3 heterocycles. The molecule has 5 rings (SSSR count). The zero-order valence-electron chi connectivity index (χ0n) is 17.7. The monoisotopic (exact) mass is 529 g/mol. The number of benzene rings is 1. The van der Waals surface area contributed by atoms with Gasteiger partial charge < -0.3 is 21.3 Å². The topological polar surface area (TPSA) is 113 Å². The number of fused-ring (bicyclic) bond motifs is 1. The average Bonchev–Trinajstić information content (AvgIpc) is 3.37. The smallest absolute Gasteiger partial charge is 0.274 e. The second kappa shape index (κ2) is 8.68. The molecule has 0 atom stereocenters. The van der Waals surface area contributed by atoms with Gasteiger partial charge in [-0.1, -0.05) is 11.6 Å². The number of aromatic nitrogens is 3. The Hall–Kier alpha value is -3.11. The fourth-order valence-electron chi connectivity index (χ4n) is 3.79. The quantitative estimate of drug-likeness (QED) is 0.380. The molecule has 2 amide bonds. The van der Waals surface area contributed by atoms with Crippen molar-refractivity contribution in [2.24, 2.45) is 5.92 Å². The highest BCUT2D eigenvalue weighted by molar-refractivity contribution is 9.10. The lowest BCUT2D eigenvalue weighted by Crippen LogP contribution is -2.28. The van der Waals surface area contributed by atoms with E-state index in [1.54, 1.807) is 24.4 Å². The van der Waals surface area contributed by atoms with Gasteiger partial charge in [0.25, 0.3) is 11.8 Å². The van der Waals surface area contributed by atoms with Gasteiger partial charge in [-0.3, -0.25) is 9.59 Å². The Labute approximate surface area is 203 Å². The zero-order valence-corrected chi connectivity index (χ0v) is 20.0. The molecule has 1 aliphatic heterocycles. The molecule has 3 aromatic rings. The molecule has 0 radical (unpaired) electrons. The first-order valence-electron chi connectivity index (χ1n) is 10.5. The van der Waals surface area contributed by atoms with Crippen molar-refractivity contribution in [1.82, 2.24) is 20.1 Å². The second-order valence-corrected chi connectivity index (χ2v) is 9.30. The number of amides is 2. The number of hydrogen-bond donors (Lipinski definition) is 4. The van der Waals surface area contributed by atoms with Crippen molar-refractivity contribution in [3.63, 3.8) is 0 Å². The Morgan fingerprint density at radius 2 is 2.09 bits per heavy atom. The number of hydrogen-bond acceptors (Lipinski definition) is 6. The lowest BCUT2D eigenvalue weighted by Gasteiger charge is -2.18. The van der Waals surface area contributed by atoms with Gasteiger partial charge in [-0.05, 0) is 65.4 Å². The van der Waals surface area contributed by atoms with Gasteiger partial charge in [0.1, 0.15) is 10.3 Å². The fourth-order valence-corrected chi connectivity index (χ4v) is 4.37. The summed E-state index contributed by atoms with van der Waals surface area (Å²) in [6, 6.07) is 6.86. The maximum absolute atomic E-state index is 13.4. The standard InChI is InChI=1S/C22H21BrClN7O2/c1-11-7-14-19(28-10-27-14)17(22(33)26-9-12-4-5-12)18(11)29-21(32)15-8-16(23)30-31(15)20-13(24)3-2-6-25-20/h2-3,6-8,12,27-28H,4-5,9-10H2,1H3,(H,26,33)(H,29,32). The molecule has 0 unspecified atom stereocenters. The molecule has 11 heteroatoms. The Bertz CT molecular complexity index is 1270.